The molecule has 0 aromatic heterocycles. The number of carbonyl (C=O) groups excluding carboxylic acids is 2. The van der Waals surface area contributed by atoms with Crippen LogP contribution in [0.4, 0.5) is 4.79 Å². The van der Waals surface area contributed by atoms with Crippen molar-refractivity contribution in [2.45, 2.75) is 51.2 Å². The fourth-order valence-corrected chi connectivity index (χ4v) is 3.85. The molecule has 0 bridgehead atoms. The van der Waals surface area contributed by atoms with E-state index in [0.29, 0.717) is 38.6 Å². The molecule has 0 aliphatic carbocycles. The van der Waals surface area contributed by atoms with Crippen LogP contribution in [0.15, 0.2) is 0 Å². The summed E-state index contributed by atoms with van der Waals surface area (Å²) in [4.78, 5) is 31.4. The average molecular weight is 341 g/mol. The van der Waals surface area contributed by atoms with Crippen molar-refractivity contribution in [3.8, 4) is 0 Å². The lowest BCUT2D eigenvalue weighted by Gasteiger charge is -2.43. The highest BCUT2D eigenvalue weighted by Gasteiger charge is 2.58. The number of nitrogens with zero attached hydrogens (tertiary/aromatic N) is 3. The number of likely N-dealkylation sites (tertiary alicyclic amines) is 1. The molecule has 24 heavy (non-hydrogen) atoms. The van der Waals surface area contributed by atoms with Gasteiger partial charge >= 0.3 is 6.03 Å². The lowest BCUT2D eigenvalue weighted by atomic mass is 9.85. The summed E-state index contributed by atoms with van der Waals surface area (Å²) in [5.41, 5.74) is -0.705. The van der Waals surface area contributed by atoms with Crippen molar-refractivity contribution >= 4 is 11.9 Å². The van der Waals surface area contributed by atoms with Crippen molar-refractivity contribution in [2.75, 3.05) is 47.1 Å². The Morgan fingerprint density at radius 3 is 2.21 bits per heavy atom. The molecule has 0 saturated carbocycles. The summed E-state index contributed by atoms with van der Waals surface area (Å²) in [5, 5.41) is 0. The van der Waals surface area contributed by atoms with Gasteiger partial charge in [0.15, 0.2) is 0 Å². The molecule has 1 atom stereocenters. The fraction of sp³-hybridized carbons (Fsp3) is 0.882. The van der Waals surface area contributed by atoms with Gasteiger partial charge < -0.3 is 14.4 Å². The van der Waals surface area contributed by atoms with Crippen LogP contribution in [-0.4, -0.2) is 91.3 Å². The van der Waals surface area contributed by atoms with Crippen LogP contribution in [0, 0.1) is 0 Å². The number of amides is 3. The molecule has 0 N–H and O–H groups in total. The highest BCUT2D eigenvalue weighted by Crippen LogP contribution is 2.38. The highest BCUT2D eigenvalue weighted by atomic mass is 16.5. The molecule has 2 saturated heterocycles. The molecule has 0 aromatic carbocycles. The molecule has 1 spiro atoms. The summed E-state index contributed by atoms with van der Waals surface area (Å²) in [6, 6.07) is 0.0125. The number of hydrogen-bond acceptors (Lipinski definition) is 5. The second-order valence-electron chi connectivity index (χ2n) is 7.07. The third-order valence-electron chi connectivity index (χ3n) is 5.26. The van der Waals surface area contributed by atoms with E-state index in [9.17, 15) is 9.59 Å². The SMILES string of the molecule is COCCN1C(=O)N(C(C)C)C(=O)C12CCN([C@@H](C)COC)CC2. The molecular formula is C17H31N3O4. The van der Waals surface area contributed by atoms with E-state index in [1.54, 1.807) is 19.1 Å². The number of carbonyl (C=O) groups is 2. The molecule has 7 heteroatoms. The van der Waals surface area contributed by atoms with Crippen LogP contribution in [0.25, 0.3) is 0 Å². The van der Waals surface area contributed by atoms with Crippen molar-refractivity contribution in [1.29, 1.82) is 0 Å². The summed E-state index contributed by atoms with van der Waals surface area (Å²) >= 11 is 0. The quantitative estimate of drug-likeness (QED) is 0.651. The summed E-state index contributed by atoms with van der Waals surface area (Å²) in [6.07, 6.45) is 1.33. The van der Waals surface area contributed by atoms with Gasteiger partial charge in [0.2, 0.25) is 0 Å². The molecule has 2 fully saturated rings. The maximum atomic E-state index is 13.1. The fourth-order valence-electron chi connectivity index (χ4n) is 3.85. The number of methoxy groups -OCH3 is 2. The van der Waals surface area contributed by atoms with Crippen LogP contribution in [0.2, 0.25) is 0 Å². The monoisotopic (exact) mass is 341 g/mol. The van der Waals surface area contributed by atoms with Gasteiger partial charge in [-0.2, -0.15) is 0 Å². The first kappa shape index (κ1) is 19.1. The topological polar surface area (TPSA) is 62.3 Å². The molecule has 138 valence electrons. The maximum Gasteiger partial charge on any atom is 0.327 e. The minimum absolute atomic E-state index is 0.0438. The predicted molar refractivity (Wildman–Crippen MR) is 90.8 cm³/mol. The van der Waals surface area contributed by atoms with Crippen LogP contribution < -0.4 is 0 Å². The molecule has 7 nitrogen and oxygen atoms in total. The molecule has 2 heterocycles. The molecule has 3 amide bonds. The number of urea groups is 1. The molecular weight excluding hydrogens is 310 g/mol. The summed E-state index contributed by atoms with van der Waals surface area (Å²) in [7, 11) is 3.32. The van der Waals surface area contributed by atoms with Gasteiger partial charge in [0, 0.05) is 45.9 Å². The zero-order valence-corrected chi connectivity index (χ0v) is 15.6. The lowest BCUT2D eigenvalue weighted by Crippen LogP contribution is -2.58. The van der Waals surface area contributed by atoms with E-state index in [4.69, 9.17) is 9.47 Å². The maximum absolute atomic E-state index is 13.1. The third-order valence-corrected chi connectivity index (χ3v) is 5.26. The van der Waals surface area contributed by atoms with Crippen molar-refractivity contribution in [3.05, 3.63) is 0 Å². The standard InChI is InChI=1S/C17H31N3O4/c1-13(2)20-15(21)17(19(16(20)22)10-11-23-4)6-8-18(9-7-17)14(3)12-24-5/h13-14H,6-12H2,1-5H3/t14-/m0/s1. The second kappa shape index (κ2) is 7.80. The van der Waals surface area contributed by atoms with Crippen molar-refractivity contribution < 1.29 is 19.1 Å². The van der Waals surface area contributed by atoms with E-state index >= 15 is 0 Å². The Morgan fingerprint density at radius 1 is 1.08 bits per heavy atom. The van der Waals surface area contributed by atoms with Crippen molar-refractivity contribution in [3.63, 3.8) is 0 Å². The number of hydrogen-bond donors (Lipinski definition) is 0. The Kier molecular flexibility index (Phi) is 6.22. The second-order valence-corrected chi connectivity index (χ2v) is 7.07. The van der Waals surface area contributed by atoms with Gasteiger partial charge in [0.05, 0.1) is 13.2 Å². The number of imide groups is 1. The van der Waals surface area contributed by atoms with Gasteiger partial charge in [-0.25, -0.2) is 4.79 Å². The van der Waals surface area contributed by atoms with E-state index < -0.39 is 5.54 Å². The van der Waals surface area contributed by atoms with Crippen LogP contribution in [0.1, 0.15) is 33.6 Å². The van der Waals surface area contributed by atoms with E-state index in [1.807, 2.05) is 13.8 Å². The van der Waals surface area contributed by atoms with Crippen molar-refractivity contribution in [2.24, 2.45) is 0 Å². The van der Waals surface area contributed by atoms with Gasteiger partial charge in [-0.1, -0.05) is 0 Å². The molecule has 2 aliphatic heterocycles. The van der Waals surface area contributed by atoms with E-state index in [1.165, 1.54) is 4.90 Å². The molecule has 2 rings (SSSR count). The number of rotatable bonds is 7. The van der Waals surface area contributed by atoms with E-state index in [0.717, 1.165) is 13.1 Å². The first-order valence-electron chi connectivity index (χ1n) is 8.76. The normalized spacial score (nSPS) is 22.9. The Bertz CT molecular complexity index is 461. The Balaban J connectivity index is 2.19. The number of piperidine rings is 1. The van der Waals surface area contributed by atoms with E-state index in [2.05, 4.69) is 11.8 Å². The first-order chi connectivity index (χ1) is 11.4. The summed E-state index contributed by atoms with van der Waals surface area (Å²) in [6.45, 7) is 9.06. The zero-order valence-electron chi connectivity index (χ0n) is 15.6. The highest BCUT2D eigenvalue weighted by molar-refractivity contribution is 6.07. The third kappa shape index (κ3) is 3.30. The predicted octanol–water partition coefficient (Wildman–Crippen LogP) is 1.17. The summed E-state index contributed by atoms with van der Waals surface area (Å²) in [5.74, 6) is -0.0438. The van der Waals surface area contributed by atoms with Crippen LogP contribution in [-0.2, 0) is 14.3 Å². The van der Waals surface area contributed by atoms with Crippen molar-refractivity contribution in [1.82, 2.24) is 14.7 Å². The zero-order chi connectivity index (χ0) is 17.9. The van der Waals surface area contributed by atoms with Gasteiger partial charge in [-0.15, -0.1) is 0 Å². The molecule has 0 unspecified atom stereocenters. The molecule has 2 aliphatic rings. The Hall–Kier alpha value is -1.18. The Labute approximate surface area is 144 Å². The van der Waals surface area contributed by atoms with Gasteiger partial charge in [0.1, 0.15) is 5.54 Å². The molecule has 0 aromatic rings. The number of ether oxygens (including phenoxy) is 2. The van der Waals surface area contributed by atoms with Gasteiger partial charge in [-0.3, -0.25) is 14.6 Å². The van der Waals surface area contributed by atoms with Gasteiger partial charge in [-0.05, 0) is 33.6 Å². The molecule has 0 radical (unpaired) electrons. The smallest absolute Gasteiger partial charge is 0.327 e. The van der Waals surface area contributed by atoms with Gasteiger partial charge in [0.25, 0.3) is 5.91 Å². The van der Waals surface area contributed by atoms with E-state index in [-0.39, 0.29) is 18.0 Å². The lowest BCUT2D eigenvalue weighted by molar-refractivity contribution is -0.137. The first-order valence-corrected chi connectivity index (χ1v) is 8.76. The van der Waals surface area contributed by atoms with Crippen LogP contribution in [0.3, 0.4) is 0 Å². The largest absolute Gasteiger partial charge is 0.383 e. The average Bonchev–Trinajstić information content (AvgIpc) is 2.74. The van der Waals surface area contributed by atoms with Crippen LogP contribution >= 0.6 is 0 Å². The minimum Gasteiger partial charge on any atom is -0.383 e. The minimum atomic E-state index is -0.705. The summed E-state index contributed by atoms with van der Waals surface area (Å²) < 4.78 is 10.4. The Morgan fingerprint density at radius 2 is 1.71 bits per heavy atom. The van der Waals surface area contributed by atoms with Crippen LogP contribution in [0.5, 0.6) is 0 Å².